The molecule has 0 radical (unpaired) electrons. The maximum absolute atomic E-state index is 12.7. The van der Waals surface area contributed by atoms with Gasteiger partial charge in [0.05, 0.1) is 6.61 Å². The van der Waals surface area contributed by atoms with Gasteiger partial charge in [0, 0.05) is 37.6 Å². The molecule has 2 aromatic rings. The highest BCUT2D eigenvalue weighted by atomic mass is 16.5. The first-order chi connectivity index (χ1) is 13.1. The number of ether oxygens (including phenoxy) is 1. The third kappa shape index (κ3) is 4.54. The molecule has 5 heteroatoms. The van der Waals surface area contributed by atoms with Crippen LogP contribution in [0.2, 0.25) is 0 Å². The first-order valence-electron chi connectivity index (χ1n) is 9.74. The summed E-state index contributed by atoms with van der Waals surface area (Å²) in [5.74, 6) is 0.893. The van der Waals surface area contributed by atoms with Crippen LogP contribution in [0.4, 0.5) is 16.2 Å². The van der Waals surface area contributed by atoms with Crippen molar-refractivity contribution in [3.63, 3.8) is 0 Å². The van der Waals surface area contributed by atoms with Gasteiger partial charge in [-0.3, -0.25) is 0 Å². The van der Waals surface area contributed by atoms with Gasteiger partial charge in [-0.2, -0.15) is 0 Å². The summed E-state index contributed by atoms with van der Waals surface area (Å²) in [6.45, 7) is 9.90. The van der Waals surface area contributed by atoms with E-state index in [0.29, 0.717) is 19.7 Å². The monoisotopic (exact) mass is 367 g/mol. The maximum atomic E-state index is 12.7. The number of para-hydroxylation sites is 1. The van der Waals surface area contributed by atoms with Crippen molar-refractivity contribution in [2.45, 2.75) is 27.2 Å². The van der Waals surface area contributed by atoms with Crippen molar-refractivity contribution in [3.05, 3.63) is 53.6 Å². The van der Waals surface area contributed by atoms with Gasteiger partial charge >= 0.3 is 6.03 Å². The van der Waals surface area contributed by atoms with E-state index in [0.717, 1.165) is 36.5 Å². The van der Waals surface area contributed by atoms with Gasteiger partial charge in [-0.05, 0) is 55.7 Å². The fourth-order valence-electron chi connectivity index (χ4n) is 3.48. The third-order valence-electron chi connectivity index (χ3n) is 5.05. The largest absolute Gasteiger partial charge is 0.494 e. The van der Waals surface area contributed by atoms with Gasteiger partial charge in [-0.25, -0.2) is 4.79 Å². The molecule has 0 bridgehead atoms. The second kappa shape index (κ2) is 8.80. The van der Waals surface area contributed by atoms with Crippen LogP contribution in [0.1, 0.15) is 25.0 Å². The molecule has 0 unspecified atom stereocenters. The Kier molecular flexibility index (Phi) is 6.22. The first-order valence-corrected chi connectivity index (χ1v) is 9.74. The van der Waals surface area contributed by atoms with E-state index < -0.39 is 0 Å². The van der Waals surface area contributed by atoms with Crippen LogP contribution in [-0.2, 0) is 6.42 Å². The van der Waals surface area contributed by atoms with Crippen LogP contribution in [-0.4, -0.2) is 43.7 Å². The zero-order valence-corrected chi connectivity index (χ0v) is 16.5. The predicted octanol–water partition coefficient (Wildman–Crippen LogP) is 4.31. The summed E-state index contributed by atoms with van der Waals surface area (Å²) in [6, 6.07) is 14.3. The molecule has 2 amide bonds. The molecule has 1 saturated heterocycles. The highest BCUT2D eigenvalue weighted by molar-refractivity contribution is 5.91. The van der Waals surface area contributed by atoms with Crippen molar-refractivity contribution in [1.29, 1.82) is 0 Å². The molecule has 3 rings (SSSR count). The van der Waals surface area contributed by atoms with E-state index in [1.165, 1.54) is 11.3 Å². The average molecular weight is 367 g/mol. The Balaban J connectivity index is 1.58. The van der Waals surface area contributed by atoms with Crippen LogP contribution in [0, 0.1) is 6.92 Å². The first kappa shape index (κ1) is 19.1. The number of benzene rings is 2. The summed E-state index contributed by atoms with van der Waals surface area (Å²) in [5.41, 5.74) is 4.41. The number of nitrogens with zero attached hydrogens (tertiary/aromatic N) is 2. The van der Waals surface area contributed by atoms with E-state index in [1.807, 2.05) is 43.0 Å². The Bertz CT molecular complexity index is 766. The summed E-state index contributed by atoms with van der Waals surface area (Å²) in [6.07, 6.45) is 0.906. The Morgan fingerprint density at radius 2 is 1.74 bits per heavy atom. The van der Waals surface area contributed by atoms with Crippen LogP contribution >= 0.6 is 0 Å². The number of rotatable bonds is 5. The molecule has 0 aliphatic carbocycles. The minimum absolute atomic E-state index is 0.00894. The van der Waals surface area contributed by atoms with E-state index in [-0.39, 0.29) is 6.03 Å². The van der Waals surface area contributed by atoms with Crippen molar-refractivity contribution < 1.29 is 9.53 Å². The molecule has 1 heterocycles. The van der Waals surface area contributed by atoms with Gasteiger partial charge in [-0.15, -0.1) is 0 Å². The maximum Gasteiger partial charge on any atom is 0.321 e. The molecule has 1 fully saturated rings. The van der Waals surface area contributed by atoms with Gasteiger partial charge in [0.25, 0.3) is 0 Å². The van der Waals surface area contributed by atoms with Crippen LogP contribution in [0.5, 0.6) is 5.75 Å². The molecule has 0 saturated carbocycles. The Labute approximate surface area is 161 Å². The Hall–Kier alpha value is -2.69. The minimum Gasteiger partial charge on any atom is -0.494 e. The molecule has 0 atom stereocenters. The van der Waals surface area contributed by atoms with Crippen LogP contribution in [0.25, 0.3) is 0 Å². The number of anilines is 2. The van der Waals surface area contributed by atoms with Crippen molar-refractivity contribution in [2.24, 2.45) is 0 Å². The lowest BCUT2D eigenvalue weighted by molar-refractivity contribution is 0.208. The standard InChI is InChI=1S/C22H29N3O2/c1-4-18-8-6-7-17(3)21(18)23-22(26)25-15-13-24(14-16-25)19-9-11-20(12-10-19)27-5-2/h6-12H,4-5,13-16H2,1-3H3,(H,23,26). The van der Waals surface area contributed by atoms with Crippen LogP contribution in [0.15, 0.2) is 42.5 Å². The van der Waals surface area contributed by atoms with Crippen molar-refractivity contribution in [2.75, 3.05) is 43.0 Å². The average Bonchev–Trinajstić information content (AvgIpc) is 2.70. The predicted molar refractivity (Wildman–Crippen MR) is 111 cm³/mol. The number of aryl methyl sites for hydroxylation is 2. The Morgan fingerprint density at radius 1 is 1.04 bits per heavy atom. The van der Waals surface area contributed by atoms with Crippen molar-refractivity contribution in [3.8, 4) is 5.75 Å². The van der Waals surface area contributed by atoms with E-state index in [1.54, 1.807) is 0 Å². The number of hydrogen-bond donors (Lipinski definition) is 1. The molecule has 1 N–H and O–H groups in total. The van der Waals surface area contributed by atoms with E-state index in [4.69, 9.17) is 4.74 Å². The third-order valence-corrected chi connectivity index (χ3v) is 5.05. The lowest BCUT2D eigenvalue weighted by Crippen LogP contribution is -2.50. The number of hydrogen-bond acceptors (Lipinski definition) is 3. The van der Waals surface area contributed by atoms with Gasteiger partial charge in [0.1, 0.15) is 5.75 Å². The van der Waals surface area contributed by atoms with E-state index >= 15 is 0 Å². The molecule has 1 aliphatic heterocycles. The lowest BCUT2D eigenvalue weighted by atomic mass is 10.1. The second-order valence-corrected chi connectivity index (χ2v) is 6.79. The van der Waals surface area contributed by atoms with Gasteiger partial charge in [-0.1, -0.05) is 25.1 Å². The lowest BCUT2D eigenvalue weighted by Gasteiger charge is -2.36. The number of amides is 2. The number of urea groups is 1. The summed E-state index contributed by atoms with van der Waals surface area (Å²) in [5, 5.41) is 3.13. The fourth-order valence-corrected chi connectivity index (χ4v) is 3.48. The zero-order valence-electron chi connectivity index (χ0n) is 16.5. The molecule has 0 aromatic heterocycles. The molecule has 0 spiro atoms. The smallest absolute Gasteiger partial charge is 0.321 e. The highest BCUT2D eigenvalue weighted by Gasteiger charge is 2.22. The number of nitrogens with one attached hydrogen (secondary N) is 1. The molecule has 2 aromatic carbocycles. The Morgan fingerprint density at radius 3 is 2.37 bits per heavy atom. The summed E-state index contributed by atoms with van der Waals surface area (Å²) in [7, 11) is 0. The molecular weight excluding hydrogens is 338 g/mol. The molecule has 27 heavy (non-hydrogen) atoms. The molecular formula is C22H29N3O2. The van der Waals surface area contributed by atoms with E-state index in [2.05, 4.69) is 35.3 Å². The number of piperazine rings is 1. The zero-order chi connectivity index (χ0) is 19.2. The normalized spacial score (nSPS) is 14.2. The second-order valence-electron chi connectivity index (χ2n) is 6.79. The quantitative estimate of drug-likeness (QED) is 0.856. The molecule has 144 valence electrons. The molecule has 5 nitrogen and oxygen atoms in total. The van der Waals surface area contributed by atoms with Gasteiger partial charge < -0.3 is 19.9 Å². The van der Waals surface area contributed by atoms with Gasteiger partial charge in [0.15, 0.2) is 0 Å². The van der Waals surface area contributed by atoms with Crippen LogP contribution in [0.3, 0.4) is 0 Å². The van der Waals surface area contributed by atoms with Crippen molar-refractivity contribution in [1.82, 2.24) is 4.90 Å². The number of carbonyl (C=O) groups excluding carboxylic acids is 1. The number of carbonyl (C=O) groups is 1. The minimum atomic E-state index is -0.00894. The van der Waals surface area contributed by atoms with Crippen molar-refractivity contribution >= 4 is 17.4 Å². The van der Waals surface area contributed by atoms with E-state index in [9.17, 15) is 4.79 Å². The SMILES string of the molecule is CCOc1ccc(N2CCN(C(=O)Nc3c(C)cccc3CC)CC2)cc1. The van der Waals surface area contributed by atoms with Gasteiger partial charge in [0.2, 0.25) is 0 Å². The molecule has 1 aliphatic rings. The summed E-state index contributed by atoms with van der Waals surface area (Å²) >= 11 is 0. The topological polar surface area (TPSA) is 44.8 Å². The highest BCUT2D eigenvalue weighted by Crippen LogP contribution is 2.23. The fraction of sp³-hybridized carbons (Fsp3) is 0.409. The summed E-state index contributed by atoms with van der Waals surface area (Å²) in [4.78, 5) is 16.9. The van der Waals surface area contributed by atoms with Crippen LogP contribution < -0.4 is 15.0 Å². The summed E-state index contributed by atoms with van der Waals surface area (Å²) < 4.78 is 5.50.